The van der Waals surface area contributed by atoms with Gasteiger partial charge in [0.05, 0.1) is 0 Å². The second-order valence-corrected chi connectivity index (χ2v) is 3.04. The Morgan fingerprint density at radius 2 is 2.00 bits per heavy atom. The van der Waals surface area contributed by atoms with Crippen molar-refractivity contribution in [3.63, 3.8) is 0 Å². The van der Waals surface area contributed by atoms with Gasteiger partial charge in [0.1, 0.15) is 0 Å². The number of allylic oxidation sites excluding steroid dienone is 1. The Bertz CT molecular complexity index is 147. The van der Waals surface area contributed by atoms with E-state index >= 15 is 0 Å². The van der Waals surface area contributed by atoms with E-state index in [9.17, 15) is 0 Å². The van der Waals surface area contributed by atoms with Crippen molar-refractivity contribution in [1.29, 1.82) is 0 Å². The summed E-state index contributed by atoms with van der Waals surface area (Å²) in [6.07, 6.45) is 2.00. The fourth-order valence-corrected chi connectivity index (χ4v) is 0.563. The zero-order chi connectivity index (χ0) is 8.20. The van der Waals surface area contributed by atoms with E-state index in [1.807, 2.05) is 19.2 Å². The zero-order valence-corrected chi connectivity index (χ0v) is 7.36. The number of hydrogen-bond donors (Lipinski definition) is 1. The fourth-order valence-electron chi connectivity index (χ4n) is 0.563. The molecular weight excluding hydrogens is 121 g/mol. The molecule has 0 aliphatic carbocycles. The van der Waals surface area contributed by atoms with Crippen molar-refractivity contribution >= 4 is 13.5 Å². The van der Waals surface area contributed by atoms with Crippen molar-refractivity contribution in [3.05, 3.63) is 11.8 Å². The van der Waals surface area contributed by atoms with Crippen molar-refractivity contribution in [2.24, 2.45) is 5.41 Å². The van der Waals surface area contributed by atoms with Gasteiger partial charge in [-0.2, -0.15) is 0 Å². The van der Waals surface area contributed by atoms with Gasteiger partial charge in [-0.3, -0.25) is 0 Å². The third-order valence-electron chi connectivity index (χ3n) is 1.89. The van der Waals surface area contributed by atoms with Crippen LogP contribution in [0.4, 0.5) is 0 Å². The molecule has 0 heterocycles. The molecule has 1 N–H and O–H groups in total. The topological polar surface area (TPSA) is 12.0 Å². The van der Waals surface area contributed by atoms with Gasteiger partial charge in [0.2, 0.25) is 0 Å². The molecule has 0 bridgehead atoms. The van der Waals surface area contributed by atoms with Gasteiger partial charge in [0.25, 0.3) is 0 Å². The fraction of sp³-hybridized carbons (Fsp3) is 0.625. The number of rotatable bonds is 3. The maximum absolute atomic E-state index is 3.77. The molecule has 0 spiro atoms. The van der Waals surface area contributed by atoms with Crippen LogP contribution in [0.3, 0.4) is 0 Å². The molecule has 0 saturated carbocycles. The second-order valence-electron chi connectivity index (χ2n) is 3.04. The molecule has 0 aromatic heterocycles. The van der Waals surface area contributed by atoms with Crippen LogP contribution < -0.4 is 5.32 Å². The van der Waals surface area contributed by atoms with Crippen LogP contribution in [0.25, 0.3) is 0 Å². The van der Waals surface area contributed by atoms with E-state index in [4.69, 9.17) is 0 Å². The Morgan fingerprint density at radius 3 is 2.30 bits per heavy atom. The third-order valence-corrected chi connectivity index (χ3v) is 1.89. The summed E-state index contributed by atoms with van der Waals surface area (Å²) in [5.74, 6) is 1.95. The van der Waals surface area contributed by atoms with Crippen molar-refractivity contribution < 1.29 is 0 Å². The van der Waals surface area contributed by atoms with Crippen LogP contribution >= 0.6 is 0 Å². The molecule has 0 aliphatic rings. The standard InChI is InChI=1S/C8H16BN/c1-7(5-10-4)8(2,3)6-9/h5-6,9-10H,1-4H3/b7-5-. The number of nitrogens with one attached hydrogen (secondary N) is 1. The molecule has 2 heteroatoms. The van der Waals surface area contributed by atoms with Gasteiger partial charge < -0.3 is 0 Å². The van der Waals surface area contributed by atoms with E-state index in [1.165, 1.54) is 5.57 Å². The third kappa shape index (κ3) is 2.38. The van der Waals surface area contributed by atoms with E-state index in [2.05, 4.69) is 33.6 Å². The minimum atomic E-state index is 0.114. The average Bonchev–Trinajstić information content (AvgIpc) is 1.89. The van der Waals surface area contributed by atoms with Gasteiger partial charge >= 0.3 is 63.8 Å². The Kier molecular flexibility index (Phi) is 3.41. The summed E-state index contributed by atoms with van der Waals surface area (Å²) in [7, 11) is 5.67. The Morgan fingerprint density at radius 1 is 1.50 bits per heavy atom. The summed E-state index contributed by atoms with van der Waals surface area (Å²) >= 11 is 0. The van der Waals surface area contributed by atoms with Crippen LogP contribution in [0.15, 0.2) is 11.8 Å². The maximum atomic E-state index is 3.77. The SMILES string of the molecule is B=CC(C)(C)/C(C)=C\NC. The predicted molar refractivity (Wildman–Crippen MR) is 49.8 cm³/mol. The zero-order valence-electron chi connectivity index (χ0n) is 7.36. The summed E-state index contributed by atoms with van der Waals surface area (Å²) in [5, 5.41) is 3.00. The summed E-state index contributed by atoms with van der Waals surface area (Å²) in [6.45, 7) is 6.38. The van der Waals surface area contributed by atoms with Crippen LogP contribution in [0.5, 0.6) is 0 Å². The molecule has 0 atom stereocenters. The van der Waals surface area contributed by atoms with Gasteiger partial charge in [-0.15, -0.1) is 0 Å². The van der Waals surface area contributed by atoms with Crippen LogP contribution in [0.1, 0.15) is 20.8 Å². The van der Waals surface area contributed by atoms with Crippen molar-refractivity contribution in [3.8, 4) is 0 Å². The van der Waals surface area contributed by atoms with Crippen LogP contribution in [-0.4, -0.2) is 20.5 Å². The molecule has 1 nitrogen and oxygen atoms in total. The molecule has 0 saturated heterocycles. The molecule has 10 heavy (non-hydrogen) atoms. The molecule has 0 aromatic rings. The first-order valence-corrected chi connectivity index (χ1v) is 3.52. The second kappa shape index (κ2) is 3.60. The van der Waals surface area contributed by atoms with Crippen molar-refractivity contribution in [1.82, 2.24) is 5.32 Å². The van der Waals surface area contributed by atoms with E-state index < -0.39 is 0 Å². The van der Waals surface area contributed by atoms with E-state index in [-0.39, 0.29) is 5.41 Å². The monoisotopic (exact) mass is 137 g/mol. The Hall–Kier alpha value is -0.525. The summed E-state index contributed by atoms with van der Waals surface area (Å²) in [6, 6.07) is 0. The molecule has 0 aliphatic heterocycles. The van der Waals surface area contributed by atoms with Crippen molar-refractivity contribution in [2.45, 2.75) is 20.8 Å². The van der Waals surface area contributed by atoms with Crippen LogP contribution in [-0.2, 0) is 0 Å². The van der Waals surface area contributed by atoms with Crippen LogP contribution in [0.2, 0.25) is 0 Å². The first-order valence-electron chi connectivity index (χ1n) is 3.52. The molecule has 56 valence electrons. The summed E-state index contributed by atoms with van der Waals surface area (Å²) < 4.78 is 0. The van der Waals surface area contributed by atoms with Gasteiger partial charge in [-0.1, -0.05) is 0 Å². The molecule has 0 unspecified atom stereocenters. The molecule has 0 amide bonds. The minimum absolute atomic E-state index is 0.114. The summed E-state index contributed by atoms with van der Waals surface area (Å²) in [5.41, 5.74) is 1.41. The normalized spacial score (nSPS) is 12.9. The first kappa shape index (κ1) is 9.47. The molecule has 0 rings (SSSR count). The Balaban J connectivity index is 4.31. The molecular formula is C8H16BN. The van der Waals surface area contributed by atoms with Crippen molar-refractivity contribution in [2.75, 3.05) is 7.05 Å². The summed E-state index contributed by atoms with van der Waals surface area (Å²) in [4.78, 5) is 0. The molecule has 0 radical (unpaired) electrons. The predicted octanol–water partition coefficient (Wildman–Crippen LogP) is 0.839. The van der Waals surface area contributed by atoms with Crippen LogP contribution in [0, 0.1) is 5.41 Å². The molecule has 0 fully saturated rings. The van der Waals surface area contributed by atoms with E-state index in [0.717, 1.165) is 0 Å². The van der Waals surface area contributed by atoms with Gasteiger partial charge in [0.15, 0.2) is 0 Å². The van der Waals surface area contributed by atoms with Gasteiger partial charge in [0, 0.05) is 0 Å². The molecule has 0 aromatic carbocycles. The first-order chi connectivity index (χ1) is 4.54. The van der Waals surface area contributed by atoms with Gasteiger partial charge in [-0.05, 0) is 0 Å². The Labute approximate surface area is 64.6 Å². The van der Waals surface area contributed by atoms with E-state index in [0.29, 0.717) is 0 Å². The average molecular weight is 137 g/mol. The van der Waals surface area contributed by atoms with E-state index in [1.54, 1.807) is 0 Å². The quantitative estimate of drug-likeness (QED) is 0.568. The van der Waals surface area contributed by atoms with Gasteiger partial charge in [-0.25, -0.2) is 0 Å². The number of hydrogen-bond acceptors (Lipinski definition) is 1.